The molecule has 116 valence electrons. The minimum Gasteiger partial charge on any atom is -0.289 e. The number of benzene rings is 2. The number of nitrogens with one attached hydrogen (secondary N) is 1. The number of unbranched alkanes of at least 4 members (excludes halogenated alkanes) is 3. The van der Waals surface area contributed by atoms with Crippen LogP contribution in [0, 0.1) is 0 Å². The molecule has 2 aromatic rings. The Labute approximate surface area is 132 Å². The number of hydrogen-bond acceptors (Lipinski definition) is 2. The van der Waals surface area contributed by atoms with Gasteiger partial charge in [-0.15, -0.1) is 0 Å². The van der Waals surface area contributed by atoms with Crippen molar-refractivity contribution >= 4 is 5.91 Å². The third-order valence-electron chi connectivity index (χ3n) is 3.81. The molecule has 0 saturated heterocycles. The monoisotopic (exact) mass is 297 g/mol. The van der Waals surface area contributed by atoms with Gasteiger partial charge in [0.25, 0.3) is 0 Å². The van der Waals surface area contributed by atoms with Gasteiger partial charge in [-0.1, -0.05) is 67.4 Å². The Morgan fingerprint density at radius 2 is 1.45 bits per heavy atom. The van der Waals surface area contributed by atoms with E-state index in [-0.39, 0.29) is 5.91 Å². The summed E-state index contributed by atoms with van der Waals surface area (Å²) in [5.74, 6) is -0.295. The number of hydrogen-bond donors (Lipinski definition) is 2. The van der Waals surface area contributed by atoms with E-state index >= 15 is 0 Å². The maximum absolute atomic E-state index is 10.9. The Morgan fingerprint density at radius 1 is 0.818 bits per heavy atom. The highest BCUT2D eigenvalue weighted by Gasteiger charge is 2.00. The van der Waals surface area contributed by atoms with E-state index in [2.05, 4.69) is 48.5 Å². The molecule has 0 bridgehead atoms. The minimum atomic E-state index is -0.295. The van der Waals surface area contributed by atoms with E-state index in [0.29, 0.717) is 6.42 Å². The first-order valence-electron chi connectivity index (χ1n) is 7.87. The molecule has 0 aliphatic heterocycles. The second kappa shape index (κ2) is 9.00. The van der Waals surface area contributed by atoms with E-state index in [4.69, 9.17) is 5.21 Å². The SMILES string of the molecule is O=C(CCCCCCc1ccc(-c2ccccc2)cc1)NO. The molecule has 0 heterocycles. The third-order valence-corrected chi connectivity index (χ3v) is 3.81. The summed E-state index contributed by atoms with van der Waals surface area (Å²) in [5.41, 5.74) is 5.51. The summed E-state index contributed by atoms with van der Waals surface area (Å²) in [6, 6.07) is 19.1. The van der Waals surface area contributed by atoms with Crippen LogP contribution in [-0.2, 0) is 11.2 Å². The number of rotatable bonds is 8. The van der Waals surface area contributed by atoms with Crippen molar-refractivity contribution in [3.05, 3.63) is 60.2 Å². The van der Waals surface area contributed by atoms with Crippen LogP contribution < -0.4 is 5.48 Å². The van der Waals surface area contributed by atoms with E-state index in [1.807, 2.05) is 6.07 Å². The van der Waals surface area contributed by atoms with E-state index in [9.17, 15) is 4.79 Å². The van der Waals surface area contributed by atoms with Crippen LogP contribution in [0.3, 0.4) is 0 Å². The van der Waals surface area contributed by atoms with Gasteiger partial charge < -0.3 is 0 Å². The number of aryl methyl sites for hydroxylation is 1. The van der Waals surface area contributed by atoms with E-state index in [1.165, 1.54) is 16.7 Å². The zero-order chi connectivity index (χ0) is 15.6. The van der Waals surface area contributed by atoms with Gasteiger partial charge in [-0.2, -0.15) is 0 Å². The molecule has 0 aliphatic carbocycles. The number of amides is 1. The first-order chi connectivity index (χ1) is 10.8. The van der Waals surface area contributed by atoms with Gasteiger partial charge in [0, 0.05) is 6.42 Å². The molecule has 2 aromatic carbocycles. The Kier molecular flexibility index (Phi) is 6.65. The normalized spacial score (nSPS) is 10.4. The van der Waals surface area contributed by atoms with E-state index < -0.39 is 0 Å². The highest BCUT2D eigenvalue weighted by molar-refractivity contribution is 5.74. The molecule has 0 aliphatic rings. The summed E-state index contributed by atoms with van der Waals surface area (Å²) < 4.78 is 0. The molecule has 0 aromatic heterocycles. The topological polar surface area (TPSA) is 49.3 Å². The quantitative estimate of drug-likeness (QED) is 0.432. The van der Waals surface area contributed by atoms with Crippen molar-refractivity contribution in [2.45, 2.75) is 38.5 Å². The summed E-state index contributed by atoms with van der Waals surface area (Å²) in [6.45, 7) is 0. The van der Waals surface area contributed by atoms with Crippen LogP contribution in [0.1, 0.15) is 37.7 Å². The molecule has 0 radical (unpaired) electrons. The van der Waals surface area contributed by atoms with Crippen molar-refractivity contribution in [3.8, 4) is 11.1 Å². The lowest BCUT2D eigenvalue weighted by Gasteiger charge is -2.05. The van der Waals surface area contributed by atoms with Crippen molar-refractivity contribution in [2.75, 3.05) is 0 Å². The summed E-state index contributed by atoms with van der Waals surface area (Å²) in [6.07, 6.45) is 5.57. The Balaban J connectivity index is 1.70. The zero-order valence-corrected chi connectivity index (χ0v) is 12.8. The van der Waals surface area contributed by atoms with Crippen molar-refractivity contribution in [1.29, 1.82) is 0 Å². The molecule has 0 fully saturated rings. The number of carbonyl (C=O) groups is 1. The van der Waals surface area contributed by atoms with Gasteiger partial charge >= 0.3 is 0 Å². The molecule has 0 atom stereocenters. The molecule has 2 N–H and O–H groups in total. The smallest absolute Gasteiger partial charge is 0.243 e. The van der Waals surface area contributed by atoms with Gasteiger partial charge in [0.15, 0.2) is 0 Å². The zero-order valence-electron chi connectivity index (χ0n) is 12.8. The number of carbonyl (C=O) groups excluding carboxylic acids is 1. The molecular weight excluding hydrogens is 274 g/mol. The Hall–Kier alpha value is -2.13. The van der Waals surface area contributed by atoms with Crippen LogP contribution in [0.4, 0.5) is 0 Å². The largest absolute Gasteiger partial charge is 0.289 e. The van der Waals surface area contributed by atoms with Crippen LogP contribution in [0.2, 0.25) is 0 Å². The van der Waals surface area contributed by atoms with Gasteiger partial charge in [0.2, 0.25) is 5.91 Å². The third kappa shape index (κ3) is 5.34. The fourth-order valence-corrected chi connectivity index (χ4v) is 2.52. The Morgan fingerprint density at radius 3 is 2.14 bits per heavy atom. The number of hydroxylamine groups is 1. The summed E-state index contributed by atoms with van der Waals surface area (Å²) in [4.78, 5) is 10.9. The fourth-order valence-electron chi connectivity index (χ4n) is 2.52. The molecule has 3 heteroatoms. The standard InChI is InChI=1S/C19H23NO2/c21-19(20-22)11-7-2-1-4-8-16-12-14-18(15-13-16)17-9-5-3-6-10-17/h3,5-6,9-10,12-15,22H,1-2,4,7-8,11H2,(H,20,21). The second-order valence-corrected chi connectivity index (χ2v) is 5.51. The first kappa shape index (κ1) is 16.2. The second-order valence-electron chi connectivity index (χ2n) is 5.51. The highest BCUT2D eigenvalue weighted by Crippen LogP contribution is 2.20. The molecule has 0 unspecified atom stereocenters. The van der Waals surface area contributed by atoms with Crippen molar-refractivity contribution < 1.29 is 10.0 Å². The molecule has 1 amide bonds. The van der Waals surface area contributed by atoms with E-state index in [0.717, 1.165) is 32.1 Å². The molecule has 3 nitrogen and oxygen atoms in total. The van der Waals surface area contributed by atoms with Crippen LogP contribution in [0.25, 0.3) is 11.1 Å². The highest BCUT2D eigenvalue weighted by atomic mass is 16.5. The fraction of sp³-hybridized carbons (Fsp3) is 0.316. The first-order valence-corrected chi connectivity index (χ1v) is 7.87. The minimum absolute atomic E-state index is 0.295. The van der Waals surface area contributed by atoms with Gasteiger partial charge in [-0.25, -0.2) is 5.48 Å². The van der Waals surface area contributed by atoms with E-state index in [1.54, 1.807) is 5.48 Å². The predicted octanol–water partition coefficient (Wildman–Crippen LogP) is 4.35. The maximum atomic E-state index is 10.9. The molecule has 2 rings (SSSR count). The Bertz CT molecular complexity index is 564. The van der Waals surface area contributed by atoms with Gasteiger partial charge in [-0.05, 0) is 36.0 Å². The van der Waals surface area contributed by atoms with Gasteiger partial charge in [-0.3, -0.25) is 10.0 Å². The van der Waals surface area contributed by atoms with Crippen LogP contribution in [0.15, 0.2) is 54.6 Å². The van der Waals surface area contributed by atoms with Crippen molar-refractivity contribution in [1.82, 2.24) is 5.48 Å². The van der Waals surface area contributed by atoms with Crippen molar-refractivity contribution in [3.63, 3.8) is 0 Å². The average molecular weight is 297 g/mol. The lowest BCUT2D eigenvalue weighted by Crippen LogP contribution is -2.17. The summed E-state index contributed by atoms with van der Waals surface area (Å²) >= 11 is 0. The molecule has 0 spiro atoms. The van der Waals surface area contributed by atoms with Gasteiger partial charge in [0.05, 0.1) is 0 Å². The lowest BCUT2D eigenvalue weighted by molar-refractivity contribution is -0.129. The van der Waals surface area contributed by atoms with Gasteiger partial charge in [0.1, 0.15) is 0 Å². The molecule has 22 heavy (non-hydrogen) atoms. The van der Waals surface area contributed by atoms with Crippen LogP contribution in [-0.4, -0.2) is 11.1 Å². The maximum Gasteiger partial charge on any atom is 0.243 e. The summed E-state index contributed by atoms with van der Waals surface area (Å²) in [5, 5.41) is 8.39. The average Bonchev–Trinajstić information content (AvgIpc) is 2.59. The molecular formula is C19H23NO2. The molecule has 0 saturated carbocycles. The van der Waals surface area contributed by atoms with Crippen LogP contribution >= 0.6 is 0 Å². The van der Waals surface area contributed by atoms with Crippen LogP contribution in [0.5, 0.6) is 0 Å². The van der Waals surface area contributed by atoms with Crippen molar-refractivity contribution in [2.24, 2.45) is 0 Å². The summed E-state index contributed by atoms with van der Waals surface area (Å²) in [7, 11) is 0. The predicted molar refractivity (Wildman–Crippen MR) is 88.6 cm³/mol. The lowest BCUT2D eigenvalue weighted by atomic mass is 10.0.